The van der Waals surface area contributed by atoms with Crippen molar-refractivity contribution >= 4 is 27.5 Å². The summed E-state index contributed by atoms with van der Waals surface area (Å²) in [5.41, 5.74) is 2.84. The van der Waals surface area contributed by atoms with Gasteiger partial charge in [0.1, 0.15) is 6.61 Å². The minimum absolute atomic E-state index is 0.266. The molecule has 134 valence electrons. The summed E-state index contributed by atoms with van der Waals surface area (Å²) in [6.45, 7) is 7.84. The van der Waals surface area contributed by atoms with Crippen LogP contribution in [0.15, 0.2) is 60.7 Å². The molecule has 0 aliphatic rings. The van der Waals surface area contributed by atoms with Gasteiger partial charge in [0.05, 0.1) is 0 Å². The number of hydrogen-bond donors (Lipinski definition) is 0. The van der Waals surface area contributed by atoms with Gasteiger partial charge in [-0.3, -0.25) is 0 Å². The second-order valence-corrected chi connectivity index (χ2v) is 6.95. The number of unbranched alkanes of at least 4 members (excludes halogenated alkanes) is 2. The predicted octanol–water partition coefficient (Wildman–Crippen LogP) is 6.35. The minimum atomic E-state index is -0.342. The van der Waals surface area contributed by atoms with Crippen LogP contribution in [-0.4, -0.2) is 5.97 Å². The van der Waals surface area contributed by atoms with Crippen LogP contribution in [0.1, 0.15) is 44.2 Å². The Hall–Kier alpha value is -2.61. The summed E-state index contributed by atoms with van der Waals surface area (Å²) in [5.74, 6) is -0.342. The van der Waals surface area contributed by atoms with E-state index in [1.807, 2.05) is 12.1 Å². The van der Waals surface area contributed by atoms with Crippen LogP contribution in [0, 0.1) is 0 Å². The molecule has 0 heterocycles. The Bertz CT molecular complexity index is 953. The molecule has 3 aromatic rings. The van der Waals surface area contributed by atoms with Crippen molar-refractivity contribution in [2.24, 2.45) is 0 Å². The molecule has 0 aliphatic heterocycles. The van der Waals surface area contributed by atoms with Crippen LogP contribution in [0.3, 0.4) is 0 Å². The van der Waals surface area contributed by atoms with E-state index in [-0.39, 0.29) is 12.6 Å². The van der Waals surface area contributed by atoms with Crippen LogP contribution < -0.4 is 0 Å². The molecule has 2 heteroatoms. The maximum atomic E-state index is 11.9. The van der Waals surface area contributed by atoms with Crippen molar-refractivity contribution in [1.82, 2.24) is 0 Å². The quantitative estimate of drug-likeness (QED) is 0.216. The van der Waals surface area contributed by atoms with Crippen LogP contribution >= 0.6 is 0 Å². The van der Waals surface area contributed by atoms with Gasteiger partial charge >= 0.3 is 5.97 Å². The van der Waals surface area contributed by atoms with E-state index in [9.17, 15) is 4.79 Å². The van der Waals surface area contributed by atoms with Crippen LogP contribution in [0.4, 0.5) is 0 Å². The Morgan fingerprint density at radius 1 is 1.00 bits per heavy atom. The van der Waals surface area contributed by atoms with Crippen molar-refractivity contribution in [2.45, 2.75) is 46.1 Å². The maximum absolute atomic E-state index is 11.9. The third-order valence-corrected chi connectivity index (χ3v) is 4.80. The number of benzene rings is 3. The highest BCUT2D eigenvalue weighted by molar-refractivity contribution is 6.02. The predicted molar refractivity (Wildman–Crippen MR) is 109 cm³/mol. The number of hydrogen-bond acceptors (Lipinski definition) is 2. The molecule has 0 atom stereocenters. The lowest BCUT2D eigenvalue weighted by Gasteiger charge is -2.13. The first-order valence-electron chi connectivity index (χ1n) is 9.36. The van der Waals surface area contributed by atoms with Crippen LogP contribution in [0.25, 0.3) is 21.5 Å². The van der Waals surface area contributed by atoms with Crippen molar-refractivity contribution in [3.8, 4) is 0 Å². The van der Waals surface area contributed by atoms with Gasteiger partial charge in [0, 0.05) is 11.1 Å². The van der Waals surface area contributed by atoms with Crippen molar-refractivity contribution in [3.63, 3.8) is 0 Å². The molecule has 0 unspecified atom stereocenters. The Balaban J connectivity index is 2.06. The molecule has 2 nitrogen and oxygen atoms in total. The molecule has 0 amide bonds. The Kier molecular flexibility index (Phi) is 5.72. The van der Waals surface area contributed by atoms with Crippen molar-refractivity contribution in [3.05, 3.63) is 71.8 Å². The number of aryl methyl sites for hydroxylation is 1. The molecule has 0 bridgehead atoms. The summed E-state index contributed by atoms with van der Waals surface area (Å²) in [6.07, 6.45) is 4.76. The van der Waals surface area contributed by atoms with Crippen molar-refractivity contribution in [1.29, 1.82) is 0 Å². The van der Waals surface area contributed by atoms with Gasteiger partial charge in [-0.1, -0.05) is 68.8 Å². The largest absolute Gasteiger partial charge is 0.457 e. The van der Waals surface area contributed by atoms with E-state index >= 15 is 0 Å². The SMILES string of the molecule is C=C(C)C(=O)OCc1c2ccccc2cc2ccc(CCCCC)cc12. The number of fused-ring (bicyclic) bond motifs is 2. The normalized spacial score (nSPS) is 11.0. The Labute approximate surface area is 155 Å². The molecule has 0 saturated heterocycles. The fourth-order valence-electron chi connectivity index (χ4n) is 3.35. The minimum Gasteiger partial charge on any atom is -0.457 e. The van der Waals surface area contributed by atoms with E-state index < -0.39 is 0 Å². The molecule has 0 aliphatic carbocycles. The first-order valence-corrected chi connectivity index (χ1v) is 9.36. The highest BCUT2D eigenvalue weighted by Crippen LogP contribution is 2.30. The van der Waals surface area contributed by atoms with E-state index in [4.69, 9.17) is 4.74 Å². The van der Waals surface area contributed by atoms with Crippen molar-refractivity contribution in [2.75, 3.05) is 0 Å². The van der Waals surface area contributed by atoms with E-state index in [0.717, 1.165) is 17.4 Å². The number of ether oxygens (including phenoxy) is 1. The first kappa shape index (κ1) is 18.2. The maximum Gasteiger partial charge on any atom is 0.333 e. The number of carbonyl (C=O) groups excluding carboxylic acids is 1. The highest BCUT2D eigenvalue weighted by atomic mass is 16.5. The third-order valence-electron chi connectivity index (χ3n) is 4.80. The second-order valence-electron chi connectivity index (χ2n) is 6.95. The van der Waals surface area contributed by atoms with E-state index in [1.54, 1.807) is 6.92 Å². The van der Waals surface area contributed by atoms with Crippen molar-refractivity contribution < 1.29 is 9.53 Å². The zero-order valence-electron chi connectivity index (χ0n) is 15.7. The third kappa shape index (κ3) is 3.96. The van der Waals surface area contributed by atoms with Crippen LogP contribution in [0.2, 0.25) is 0 Å². The molecule has 0 radical (unpaired) electrons. The van der Waals surface area contributed by atoms with Gasteiger partial charge in [-0.05, 0) is 52.9 Å². The van der Waals surface area contributed by atoms with Crippen LogP contribution in [0.5, 0.6) is 0 Å². The highest BCUT2D eigenvalue weighted by Gasteiger charge is 2.11. The van der Waals surface area contributed by atoms with E-state index in [0.29, 0.717) is 5.57 Å². The molecule has 0 spiro atoms. The molecule has 0 N–H and O–H groups in total. The lowest BCUT2D eigenvalue weighted by molar-refractivity contribution is -0.140. The van der Waals surface area contributed by atoms with Gasteiger partial charge in [-0.15, -0.1) is 0 Å². The second kappa shape index (κ2) is 8.18. The summed E-state index contributed by atoms with van der Waals surface area (Å²) >= 11 is 0. The zero-order chi connectivity index (χ0) is 18.5. The Morgan fingerprint density at radius 2 is 1.77 bits per heavy atom. The average molecular weight is 346 g/mol. The number of rotatable bonds is 7. The van der Waals surface area contributed by atoms with Crippen LogP contribution in [-0.2, 0) is 22.6 Å². The summed E-state index contributed by atoms with van der Waals surface area (Å²) in [4.78, 5) is 11.9. The monoisotopic (exact) mass is 346 g/mol. The first-order chi connectivity index (χ1) is 12.6. The molecule has 0 aromatic heterocycles. The average Bonchev–Trinajstić information content (AvgIpc) is 2.65. The molecule has 3 rings (SSSR count). The van der Waals surface area contributed by atoms with Gasteiger partial charge in [-0.25, -0.2) is 4.79 Å². The number of esters is 1. The summed E-state index contributed by atoms with van der Waals surface area (Å²) in [5, 5.41) is 4.66. The van der Waals surface area contributed by atoms with Gasteiger partial charge in [-0.2, -0.15) is 0 Å². The van der Waals surface area contributed by atoms with Gasteiger partial charge in [0.2, 0.25) is 0 Å². The smallest absolute Gasteiger partial charge is 0.333 e. The lowest BCUT2D eigenvalue weighted by atomic mass is 9.94. The van der Waals surface area contributed by atoms with E-state index in [1.165, 1.54) is 41.0 Å². The van der Waals surface area contributed by atoms with Gasteiger partial charge < -0.3 is 4.74 Å². The molecule has 3 aromatic carbocycles. The molecule has 0 saturated carbocycles. The Morgan fingerprint density at radius 3 is 2.54 bits per heavy atom. The zero-order valence-corrected chi connectivity index (χ0v) is 15.7. The topological polar surface area (TPSA) is 26.3 Å². The summed E-state index contributed by atoms with van der Waals surface area (Å²) in [6, 6.07) is 17.2. The molecular weight excluding hydrogens is 320 g/mol. The lowest BCUT2D eigenvalue weighted by Crippen LogP contribution is -2.05. The molecular formula is C24H26O2. The fraction of sp³-hybridized carbons (Fsp3) is 0.292. The summed E-state index contributed by atoms with van der Waals surface area (Å²) in [7, 11) is 0. The number of carbonyl (C=O) groups is 1. The fourth-order valence-corrected chi connectivity index (χ4v) is 3.35. The van der Waals surface area contributed by atoms with Gasteiger partial charge in [0.25, 0.3) is 0 Å². The standard InChI is InChI=1S/C24H26O2/c1-4-5-6-9-18-12-13-20-15-19-10-7-8-11-21(19)23(22(20)14-18)16-26-24(25)17(2)3/h7-8,10-15H,2,4-6,9,16H2,1,3H3. The summed E-state index contributed by atoms with van der Waals surface area (Å²) < 4.78 is 5.51. The van der Waals surface area contributed by atoms with Gasteiger partial charge in [0.15, 0.2) is 0 Å². The molecule has 0 fully saturated rings. The van der Waals surface area contributed by atoms with E-state index in [2.05, 4.69) is 49.9 Å². The molecule has 26 heavy (non-hydrogen) atoms.